The summed E-state index contributed by atoms with van der Waals surface area (Å²) in [7, 11) is 0. The fraction of sp³-hybridized carbons (Fsp3) is 0.424. The lowest BCUT2D eigenvalue weighted by molar-refractivity contribution is -0.140. The molecule has 0 saturated carbocycles. The first-order chi connectivity index (χ1) is 22.9. The summed E-state index contributed by atoms with van der Waals surface area (Å²) >= 11 is 0.821. The Kier molecular flexibility index (Phi) is 11.1. The number of urea groups is 1. The highest BCUT2D eigenvalue weighted by Gasteiger charge is 2.34. The second-order valence-electron chi connectivity index (χ2n) is 11.8. The Labute approximate surface area is 284 Å². The SMILES string of the molecule is CCNC(=O)Nc1cc(-c2nc(C(F)(F)F)cs2)c(-c2ccc3c(=O)c(C(=O)NCCN4CCOCC4)cn(CCC(C)C)c3c2)cn1.[HH].[HH].[HH]. The summed E-state index contributed by atoms with van der Waals surface area (Å²) in [5.41, 5.74) is 0.494. The number of anilines is 1. The molecule has 1 aliphatic rings. The van der Waals surface area contributed by atoms with E-state index in [4.69, 9.17) is 4.74 Å². The molecule has 0 atom stereocenters. The van der Waals surface area contributed by atoms with Gasteiger partial charge in [0.05, 0.1) is 18.7 Å². The lowest BCUT2D eigenvalue weighted by atomic mass is 9.99. The smallest absolute Gasteiger partial charge is 0.379 e. The number of fused-ring (bicyclic) bond motifs is 1. The van der Waals surface area contributed by atoms with E-state index in [1.54, 1.807) is 31.3 Å². The number of benzene rings is 1. The molecule has 11 nitrogen and oxygen atoms in total. The van der Waals surface area contributed by atoms with Gasteiger partial charge in [-0.3, -0.25) is 19.8 Å². The summed E-state index contributed by atoms with van der Waals surface area (Å²) in [5.74, 6) is 0.00719. The number of morpholine rings is 1. The number of aryl methyl sites for hydroxylation is 1. The molecule has 5 rings (SSSR count). The van der Waals surface area contributed by atoms with Crippen LogP contribution in [0.1, 0.15) is 47.5 Å². The van der Waals surface area contributed by atoms with Gasteiger partial charge < -0.3 is 19.9 Å². The number of rotatable bonds is 11. The minimum atomic E-state index is -4.63. The number of amides is 3. The van der Waals surface area contributed by atoms with Gasteiger partial charge in [0.1, 0.15) is 16.4 Å². The van der Waals surface area contributed by atoms with Crippen LogP contribution in [0.5, 0.6) is 0 Å². The zero-order valence-corrected chi connectivity index (χ0v) is 27.8. The van der Waals surface area contributed by atoms with Gasteiger partial charge in [0.15, 0.2) is 5.69 Å². The number of ether oxygens (including phenoxy) is 1. The second kappa shape index (κ2) is 15.3. The summed E-state index contributed by atoms with van der Waals surface area (Å²) in [4.78, 5) is 49.5. The normalized spacial score (nSPS) is 14.0. The van der Waals surface area contributed by atoms with Gasteiger partial charge in [-0.1, -0.05) is 19.9 Å². The third kappa shape index (κ3) is 8.38. The number of pyridine rings is 2. The fourth-order valence-corrected chi connectivity index (χ4v) is 6.19. The van der Waals surface area contributed by atoms with E-state index in [2.05, 4.69) is 44.7 Å². The second-order valence-corrected chi connectivity index (χ2v) is 12.7. The Balaban J connectivity index is 0.00000300. The van der Waals surface area contributed by atoms with E-state index in [1.165, 1.54) is 12.3 Å². The summed E-state index contributed by atoms with van der Waals surface area (Å²) < 4.78 is 47.8. The minimum absolute atomic E-state index is 0. The summed E-state index contributed by atoms with van der Waals surface area (Å²) in [6.45, 7) is 10.7. The van der Waals surface area contributed by atoms with Crippen molar-refractivity contribution in [2.75, 3.05) is 51.3 Å². The van der Waals surface area contributed by atoms with Crippen molar-refractivity contribution in [2.45, 2.75) is 39.9 Å². The molecule has 48 heavy (non-hydrogen) atoms. The first-order valence-electron chi connectivity index (χ1n) is 15.8. The molecule has 0 aliphatic carbocycles. The van der Waals surface area contributed by atoms with E-state index in [-0.39, 0.29) is 20.7 Å². The molecule has 3 N–H and O–H groups in total. The van der Waals surface area contributed by atoms with E-state index in [0.717, 1.165) is 36.2 Å². The van der Waals surface area contributed by atoms with Crippen LogP contribution < -0.4 is 21.4 Å². The zero-order valence-electron chi connectivity index (χ0n) is 26.9. The zero-order chi connectivity index (χ0) is 34.4. The van der Waals surface area contributed by atoms with Gasteiger partial charge in [0.2, 0.25) is 5.43 Å². The van der Waals surface area contributed by atoms with Crippen molar-refractivity contribution in [1.29, 1.82) is 0 Å². The highest BCUT2D eigenvalue weighted by Crippen LogP contribution is 2.39. The minimum Gasteiger partial charge on any atom is -0.379 e. The third-order valence-corrected chi connectivity index (χ3v) is 8.79. The first-order valence-corrected chi connectivity index (χ1v) is 16.7. The van der Waals surface area contributed by atoms with E-state index in [1.807, 2.05) is 4.57 Å². The molecule has 15 heteroatoms. The number of nitrogens with one attached hydrogen (secondary N) is 3. The van der Waals surface area contributed by atoms with Crippen molar-refractivity contribution >= 4 is 40.0 Å². The first kappa shape index (κ1) is 35.0. The highest BCUT2D eigenvalue weighted by molar-refractivity contribution is 7.13. The van der Waals surface area contributed by atoms with Crippen LogP contribution in [0, 0.1) is 5.92 Å². The average molecular weight is 692 g/mol. The van der Waals surface area contributed by atoms with Gasteiger partial charge in [-0.15, -0.1) is 11.3 Å². The Bertz CT molecular complexity index is 1850. The van der Waals surface area contributed by atoms with E-state index >= 15 is 0 Å². The predicted octanol–water partition coefficient (Wildman–Crippen LogP) is 6.19. The van der Waals surface area contributed by atoms with E-state index in [0.29, 0.717) is 72.9 Å². The molecule has 3 aromatic heterocycles. The van der Waals surface area contributed by atoms with Crippen molar-refractivity contribution in [3.05, 3.63) is 63.5 Å². The van der Waals surface area contributed by atoms with Gasteiger partial charge in [-0.25, -0.2) is 14.8 Å². The third-order valence-electron chi connectivity index (χ3n) is 7.91. The summed E-state index contributed by atoms with van der Waals surface area (Å²) in [5, 5.41) is 9.43. The van der Waals surface area contributed by atoms with Crippen LogP contribution in [-0.2, 0) is 17.5 Å². The number of thiazole rings is 1. The molecule has 3 amide bonds. The Hall–Kier alpha value is -4.34. The molecule has 0 spiro atoms. The molecule has 0 radical (unpaired) electrons. The number of carbonyl (C=O) groups is 2. The van der Waals surface area contributed by atoms with Crippen molar-refractivity contribution in [3.63, 3.8) is 0 Å². The molecule has 1 fully saturated rings. The standard InChI is InChI=1S/C33H38F3N7O4S.3H2/c1-4-37-32(46)41-28-16-23(31-40-27(19-48-31)33(34,35)36)24(17-39-28)21-5-6-22-26(15-21)43(9-7-20(2)3)18-25(29(22)44)30(45)38-8-10-42-11-13-47-14-12-42;;;/h5-6,15-20H,4,7-14H2,1-3H3,(H,38,45)(H2,37,39,41,46);3*1H. The van der Waals surface area contributed by atoms with E-state index in [9.17, 15) is 27.6 Å². The lowest BCUT2D eigenvalue weighted by Crippen LogP contribution is -2.42. The number of aromatic nitrogens is 3. The van der Waals surface area contributed by atoms with Crippen LogP contribution in [0.3, 0.4) is 0 Å². The topological polar surface area (TPSA) is 130 Å². The summed E-state index contributed by atoms with van der Waals surface area (Å²) in [6.07, 6.45) is -0.825. The van der Waals surface area contributed by atoms with Crippen molar-refractivity contribution < 1.29 is 31.8 Å². The van der Waals surface area contributed by atoms with Crippen LogP contribution >= 0.6 is 11.3 Å². The monoisotopic (exact) mass is 691 g/mol. The van der Waals surface area contributed by atoms with Gasteiger partial charge >= 0.3 is 12.2 Å². The van der Waals surface area contributed by atoms with Gasteiger partial charge in [-0.05, 0) is 43.0 Å². The van der Waals surface area contributed by atoms with Crippen LogP contribution in [0.15, 0.2) is 46.8 Å². The highest BCUT2D eigenvalue weighted by atomic mass is 32.1. The Morgan fingerprint density at radius 1 is 1.10 bits per heavy atom. The van der Waals surface area contributed by atoms with Gasteiger partial charge in [-0.2, -0.15) is 13.2 Å². The molecular weight excluding hydrogens is 647 g/mol. The van der Waals surface area contributed by atoms with Crippen LogP contribution in [0.2, 0.25) is 0 Å². The molecule has 0 bridgehead atoms. The van der Waals surface area contributed by atoms with Gasteiger partial charge in [0, 0.05) is 77.8 Å². The number of alkyl halides is 3. The molecule has 1 aromatic carbocycles. The molecule has 1 saturated heterocycles. The fourth-order valence-electron chi connectivity index (χ4n) is 5.33. The van der Waals surface area contributed by atoms with Crippen LogP contribution in [0.25, 0.3) is 32.6 Å². The molecule has 262 valence electrons. The maximum absolute atomic E-state index is 13.7. The van der Waals surface area contributed by atoms with Crippen LogP contribution in [0.4, 0.5) is 23.8 Å². The number of carbonyl (C=O) groups excluding carboxylic acids is 2. The van der Waals surface area contributed by atoms with E-state index < -0.39 is 29.2 Å². The maximum Gasteiger partial charge on any atom is 0.434 e. The Morgan fingerprint density at radius 3 is 2.56 bits per heavy atom. The number of nitrogens with zero attached hydrogens (tertiary/aromatic N) is 4. The maximum atomic E-state index is 13.7. The Morgan fingerprint density at radius 2 is 1.88 bits per heavy atom. The van der Waals surface area contributed by atoms with Crippen molar-refractivity contribution in [2.24, 2.45) is 5.92 Å². The quantitative estimate of drug-likeness (QED) is 0.171. The number of hydrogen-bond acceptors (Lipinski definition) is 8. The molecule has 4 heterocycles. The number of halogens is 3. The predicted molar refractivity (Wildman–Crippen MR) is 186 cm³/mol. The molecule has 0 unspecified atom stereocenters. The average Bonchev–Trinajstić information content (AvgIpc) is 3.56. The number of hydrogen-bond donors (Lipinski definition) is 3. The van der Waals surface area contributed by atoms with Crippen LogP contribution in [-0.4, -0.2) is 77.3 Å². The lowest BCUT2D eigenvalue weighted by Gasteiger charge is -2.26. The van der Waals surface area contributed by atoms with Crippen molar-refractivity contribution in [3.8, 4) is 21.7 Å². The summed E-state index contributed by atoms with van der Waals surface area (Å²) in [6, 6.07) is 6.03. The molecular formula is C33H44F3N7O4S. The molecule has 1 aliphatic heterocycles. The largest absolute Gasteiger partial charge is 0.434 e. The van der Waals surface area contributed by atoms with Crippen molar-refractivity contribution in [1.82, 2.24) is 30.1 Å². The van der Waals surface area contributed by atoms with Gasteiger partial charge in [0.25, 0.3) is 5.91 Å². The molecule has 4 aromatic rings.